The Bertz CT molecular complexity index is 1740. The van der Waals surface area contributed by atoms with Gasteiger partial charge >= 0.3 is 5.97 Å². The maximum Gasteiger partial charge on any atom is 0.343 e. The van der Waals surface area contributed by atoms with Crippen molar-refractivity contribution in [1.82, 2.24) is 14.6 Å². The predicted molar refractivity (Wildman–Crippen MR) is 156 cm³/mol. The lowest BCUT2D eigenvalue weighted by atomic mass is 10.0. The van der Waals surface area contributed by atoms with E-state index in [0.29, 0.717) is 27.8 Å². The Hall–Kier alpha value is -4.63. The van der Waals surface area contributed by atoms with Gasteiger partial charge in [0.2, 0.25) is 0 Å². The number of benzene rings is 2. The van der Waals surface area contributed by atoms with E-state index in [0.717, 1.165) is 22.4 Å². The molecule has 1 amide bonds. The van der Waals surface area contributed by atoms with Crippen LogP contribution >= 0.6 is 11.6 Å². The van der Waals surface area contributed by atoms with Gasteiger partial charge in [0.25, 0.3) is 5.91 Å². The summed E-state index contributed by atoms with van der Waals surface area (Å²) in [5.74, 6) is 0.748. The van der Waals surface area contributed by atoms with Gasteiger partial charge in [-0.05, 0) is 73.4 Å². The Labute approximate surface area is 242 Å². The van der Waals surface area contributed by atoms with Crippen LogP contribution in [0.25, 0.3) is 16.9 Å². The number of furan rings is 1. The number of hydrogen-bond donors (Lipinski definition) is 1. The highest BCUT2D eigenvalue weighted by atomic mass is 35.5. The SMILES string of the molecule is CCOC(=O)c1cnn2c(-c3cccc(NC(=O)c4ccc(COc5cc(C)c(Cl)cc5C(C)C)o4)c3)ccnc12. The standard InChI is InChI=1S/C31H29ClN4O5/c1-5-39-31(38)24-16-34-36-26(11-12-33-29(24)36)20-7-6-8-21(14-20)35-30(37)27-10-9-22(41-27)17-40-28-13-19(4)25(32)15-23(28)18(2)3/h6-16,18H,5,17H2,1-4H3,(H,35,37). The molecule has 9 nitrogen and oxygen atoms in total. The van der Waals surface area contributed by atoms with E-state index in [9.17, 15) is 9.59 Å². The number of carbonyl (C=O) groups excluding carboxylic acids is 2. The van der Waals surface area contributed by atoms with Gasteiger partial charge in [0.05, 0.1) is 18.5 Å². The summed E-state index contributed by atoms with van der Waals surface area (Å²) in [5.41, 5.74) is 4.61. The van der Waals surface area contributed by atoms with Crippen LogP contribution < -0.4 is 10.1 Å². The molecule has 0 radical (unpaired) electrons. The lowest BCUT2D eigenvalue weighted by molar-refractivity contribution is 0.0528. The predicted octanol–water partition coefficient (Wildman–Crippen LogP) is 7.08. The smallest absolute Gasteiger partial charge is 0.343 e. The molecular weight excluding hydrogens is 544 g/mol. The molecule has 0 aliphatic rings. The molecule has 0 unspecified atom stereocenters. The number of aromatic nitrogens is 3. The molecule has 210 valence electrons. The first kappa shape index (κ1) is 27.9. The van der Waals surface area contributed by atoms with Gasteiger partial charge < -0.3 is 19.2 Å². The molecule has 41 heavy (non-hydrogen) atoms. The monoisotopic (exact) mass is 572 g/mol. The fourth-order valence-electron chi connectivity index (χ4n) is 4.38. The summed E-state index contributed by atoms with van der Waals surface area (Å²) in [6.07, 6.45) is 3.04. The lowest BCUT2D eigenvalue weighted by Crippen LogP contribution is -2.11. The maximum absolute atomic E-state index is 13.0. The number of aryl methyl sites for hydroxylation is 1. The molecule has 0 saturated heterocycles. The van der Waals surface area contributed by atoms with Crippen molar-refractivity contribution in [2.45, 2.75) is 40.2 Å². The van der Waals surface area contributed by atoms with Crippen molar-refractivity contribution in [2.75, 3.05) is 11.9 Å². The van der Waals surface area contributed by atoms with Crippen LogP contribution in [0.2, 0.25) is 5.02 Å². The molecule has 0 spiro atoms. The minimum absolute atomic E-state index is 0.155. The van der Waals surface area contributed by atoms with Crippen LogP contribution in [0.15, 0.2) is 71.4 Å². The van der Waals surface area contributed by atoms with Crippen molar-refractivity contribution in [3.8, 4) is 17.0 Å². The molecule has 0 aliphatic heterocycles. The Morgan fingerprint density at radius 2 is 1.95 bits per heavy atom. The van der Waals surface area contributed by atoms with Gasteiger partial charge in [0.1, 0.15) is 23.7 Å². The fourth-order valence-corrected chi connectivity index (χ4v) is 4.56. The van der Waals surface area contributed by atoms with Crippen molar-refractivity contribution in [1.29, 1.82) is 0 Å². The first-order valence-electron chi connectivity index (χ1n) is 13.2. The Morgan fingerprint density at radius 3 is 2.73 bits per heavy atom. The average molecular weight is 573 g/mol. The molecule has 0 aliphatic carbocycles. The Balaban J connectivity index is 1.30. The summed E-state index contributed by atoms with van der Waals surface area (Å²) >= 11 is 6.30. The number of esters is 1. The Morgan fingerprint density at radius 1 is 1.12 bits per heavy atom. The van der Waals surface area contributed by atoms with E-state index in [1.54, 1.807) is 41.9 Å². The molecule has 2 aromatic carbocycles. The van der Waals surface area contributed by atoms with Gasteiger partial charge in [0.15, 0.2) is 11.4 Å². The summed E-state index contributed by atoms with van der Waals surface area (Å²) in [6.45, 7) is 8.24. The quantitative estimate of drug-likeness (QED) is 0.188. The van der Waals surface area contributed by atoms with Crippen molar-refractivity contribution in [2.24, 2.45) is 0 Å². The van der Waals surface area contributed by atoms with Crippen molar-refractivity contribution in [3.05, 3.63) is 100 Å². The van der Waals surface area contributed by atoms with Gasteiger partial charge in [-0.2, -0.15) is 5.10 Å². The second kappa shape index (κ2) is 11.9. The number of halogens is 1. The van der Waals surface area contributed by atoms with Crippen LogP contribution in [0.1, 0.15) is 64.5 Å². The van der Waals surface area contributed by atoms with Crippen molar-refractivity contribution < 1.29 is 23.5 Å². The van der Waals surface area contributed by atoms with Crippen molar-refractivity contribution >= 4 is 34.8 Å². The molecule has 1 N–H and O–H groups in total. The number of nitrogens with zero attached hydrogens (tertiary/aromatic N) is 3. The third-order valence-corrected chi connectivity index (χ3v) is 6.89. The van der Waals surface area contributed by atoms with Crippen LogP contribution in [0.4, 0.5) is 5.69 Å². The molecule has 3 aromatic heterocycles. The lowest BCUT2D eigenvalue weighted by Gasteiger charge is -2.15. The number of amides is 1. The second-order valence-electron chi connectivity index (χ2n) is 9.73. The Kier molecular flexibility index (Phi) is 8.07. The highest BCUT2D eigenvalue weighted by Crippen LogP contribution is 2.32. The molecule has 0 fully saturated rings. The number of rotatable bonds is 9. The minimum Gasteiger partial charge on any atom is -0.485 e. The first-order chi connectivity index (χ1) is 19.7. The van der Waals surface area contributed by atoms with Crippen molar-refractivity contribution in [3.63, 3.8) is 0 Å². The van der Waals surface area contributed by atoms with E-state index >= 15 is 0 Å². The zero-order valence-electron chi connectivity index (χ0n) is 23.1. The normalized spacial score (nSPS) is 11.2. The van der Waals surface area contributed by atoms with E-state index in [-0.39, 0.29) is 30.5 Å². The number of carbonyl (C=O) groups is 2. The largest absolute Gasteiger partial charge is 0.485 e. The molecule has 3 heterocycles. The summed E-state index contributed by atoms with van der Waals surface area (Å²) in [6, 6.07) is 16.2. The van der Waals surface area contributed by atoms with Crippen LogP contribution in [-0.2, 0) is 11.3 Å². The average Bonchev–Trinajstić information content (AvgIpc) is 3.61. The zero-order valence-corrected chi connectivity index (χ0v) is 23.9. The molecule has 10 heteroatoms. The number of hydrogen-bond acceptors (Lipinski definition) is 7. The summed E-state index contributed by atoms with van der Waals surface area (Å²) in [7, 11) is 0. The molecule has 5 rings (SSSR count). The first-order valence-corrected chi connectivity index (χ1v) is 13.6. The van der Waals surface area contributed by atoms with Gasteiger partial charge in [-0.3, -0.25) is 4.79 Å². The van der Waals surface area contributed by atoms with E-state index in [4.69, 9.17) is 25.5 Å². The topological polar surface area (TPSA) is 108 Å². The molecule has 0 saturated carbocycles. The highest BCUT2D eigenvalue weighted by Gasteiger charge is 2.18. The molecule has 0 atom stereocenters. The van der Waals surface area contributed by atoms with E-state index < -0.39 is 11.9 Å². The maximum atomic E-state index is 13.0. The minimum atomic E-state index is -0.486. The summed E-state index contributed by atoms with van der Waals surface area (Å²) < 4.78 is 18.5. The zero-order chi connectivity index (χ0) is 29.1. The molecule has 5 aromatic rings. The van der Waals surface area contributed by atoms with E-state index in [1.807, 2.05) is 37.3 Å². The van der Waals surface area contributed by atoms with E-state index in [2.05, 4.69) is 29.2 Å². The van der Waals surface area contributed by atoms with Gasteiger partial charge in [0, 0.05) is 22.5 Å². The second-order valence-corrected chi connectivity index (χ2v) is 10.1. The van der Waals surface area contributed by atoms with Crippen LogP contribution in [0, 0.1) is 6.92 Å². The number of ether oxygens (including phenoxy) is 2. The van der Waals surface area contributed by atoms with Gasteiger partial charge in [-0.15, -0.1) is 0 Å². The summed E-state index contributed by atoms with van der Waals surface area (Å²) in [4.78, 5) is 29.6. The van der Waals surface area contributed by atoms with E-state index in [1.165, 1.54) is 6.20 Å². The molecular formula is C31H29ClN4O5. The van der Waals surface area contributed by atoms with Crippen LogP contribution in [-0.4, -0.2) is 33.1 Å². The number of anilines is 1. The van der Waals surface area contributed by atoms with Crippen LogP contribution in [0.3, 0.4) is 0 Å². The highest BCUT2D eigenvalue weighted by molar-refractivity contribution is 6.31. The van der Waals surface area contributed by atoms with Gasteiger partial charge in [-0.25, -0.2) is 14.3 Å². The number of fused-ring (bicyclic) bond motifs is 1. The number of nitrogens with one attached hydrogen (secondary N) is 1. The summed E-state index contributed by atoms with van der Waals surface area (Å²) in [5, 5.41) is 7.90. The van der Waals surface area contributed by atoms with Crippen LogP contribution in [0.5, 0.6) is 5.75 Å². The fraction of sp³-hybridized carbons (Fsp3) is 0.226. The third kappa shape index (κ3) is 5.95. The molecule has 0 bridgehead atoms. The van der Waals surface area contributed by atoms with Gasteiger partial charge in [-0.1, -0.05) is 37.6 Å². The third-order valence-electron chi connectivity index (χ3n) is 6.48.